The van der Waals surface area contributed by atoms with Crippen LogP contribution in [0.3, 0.4) is 0 Å². The number of hydrogen-bond acceptors (Lipinski definition) is 9. The second-order valence-electron chi connectivity index (χ2n) is 7.73. The zero-order valence-electron chi connectivity index (χ0n) is 18.4. The third-order valence-electron chi connectivity index (χ3n) is 5.41. The molecule has 174 valence electrons. The number of rotatable bonds is 11. The number of fused-ring (bicyclic) bond motifs is 1. The van der Waals surface area contributed by atoms with Crippen molar-refractivity contribution in [2.45, 2.75) is 13.1 Å². The van der Waals surface area contributed by atoms with Crippen LogP contribution in [0.15, 0.2) is 28.9 Å². The highest BCUT2D eigenvalue weighted by atomic mass is 16.7. The second kappa shape index (κ2) is 11.3. The smallest absolute Gasteiger partial charge is 0.273 e. The molecule has 0 bridgehead atoms. The van der Waals surface area contributed by atoms with Gasteiger partial charge in [-0.25, -0.2) is 4.98 Å². The third kappa shape index (κ3) is 6.19. The number of carbonyl (C=O) groups excluding carboxylic acids is 1. The number of ether oxygens (including phenoxy) is 4. The Morgan fingerprint density at radius 2 is 2.06 bits per heavy atom. The van der Waals surface area contributed by atoms with Crippen LogP contribution in [0.4, 0.5) is 0 Å². The van der Waals surface area contributed by atoms with Gasteiger partial charge in [0.05, 0.1) is 26.4 Å². The van der Waals surface area contributed by atoms with Gasteiger partial charge in [-0.05, 0) is 17.7 Å². The molecule has 2 aliphatic heterocycles. The SMILES string of the molecule is COCCNC(=O)c1coc(CN(CCN2CCOCC2)Cc2ccc3c(c2)OCO3)n1. The molecule has 10 heteroatoms. The number of aromatic nitrogens is 1. The van der Waals surface area contributed by atoms with Crippen molar-refractivity contribution in [3.8, 4) is 11.5 Å². The molecule has 0 radical (unpaired) electrons. The molecule has 1 aromatic carbocycles. The molecule has 0 spiro atoms. The van der Waals surface area contributed by atoms with E-state index in [-0.39, 0.29) is 18.4 Å². The van der Waals surface area contributed by atoms with Crippen LogP contribution in [0.1, 0.15) is 21.9 Å². The minimum atomic E-state index is -0.271. The summed E-state index contributed by atoms with van der Waals surface area (Å²) in [6, 6.07) is 5.99. The summed E-state index contributed by atoms with van der Waals surface area (Å²) >= 11 is 0. The fourth-order valence-electron chi connectivity index (χ4n) is 3.66. The van der Waals surface area contributed by atoms with Gasteiger partial charge in [0, 0.05) is 46.4 Å². The van der Waals surface area contributed by atoms with E-state index < -0.39 is 0 Å². The summed E-state index contributed by atoms with van der Waals surface area (Å²) in [5, 5.41) is 2.75. The molecule has 1 aromatic heterocycles. The summed E-state index contributed by atoms with van der Waals surface area (Å²) < 4.78 is 26.9. The zero-order valence-corrected chi connectivity index (χ0v) is 18.4. The van der Waals surface area contributed by atoms with Crippen LogP contribution in [0.2, 0.25) is 0 Å². The van der Waals surface area contributed by atoms with Gasteiger partial charge >= 0.3 is 0 Å². The number of oxazole rings is 1. The number of methoxy groups -OCH3 is 1. The predicted octanol–water partition coefficient (Wildman–Crippen LogP) is 1.11. The highest BCUT2D eigenvalue weighted by Crippen LogP contribution is 2.32. The molecule has 1 N–H and O–H groups in total. The van der Waals surface area contributed by atoms with E-state index in [4.69, 9.17) is 23.4 Å². The van der Waals surface area contributed by atoms with Crippen LogP contribution in [0.25, 0.3) is 0 Å². The third-order valence-corrected chi connectivity index (χ3v) is 5.41. The Hall–Kier alpha value is -2.66. The van der Waals surface area contributed by atoms with Crippen molar-refractivity contribution in [1.29, 1.82) is 0 Å². The van der Waals surface area contributed by atoms with Crippen molar-refractivity contribution in [1.82, 2.24) is 20.1 Å². The zero-order chi connectivity index (χ0) is 22.2. The average Bonchev–Trinajstić information content (AvgIpc) is 3.47. The summed E-state index contributed by atoms with van der Waals surface area (Å²) in [6.45, 7) is 7.45. The Labute approximate surface area is 187 Å². The van der Waals surface area contributed by atoms with Gasteiger partial charge in [-0.15, -0.1) is 0 Å². The van der Waals surface area contributed by atoms with Crippen LogP contribution in [-0.2, 0) is 22.6 Å². The van der Waals surface area contributed by atoms with Gasteiger partial charge in [0.25, 0.3) is 5.91 Å². The highest BCUT2D eigenvalue weighted by Gasteiger charge is 2.19. The number of nitrogens with zero attached hydrogens (tertiary/aromatic N) is 3. The van der Waals surface area contributed by atoms with Crippen LogP contribution >= 0.6 is 0 Å². The first kappa shape index (κ1) is 22.5. The molecule has 32 heavy (non-hydrogen) atoms. The maximum Gasteiger partial charge on any atom is 0.273 e. The minimum absolute atomic E-state index is 0.255. The molecule has 0 atom stereocenters. The van der Waals surface area contributed by atoms with Crippen LogP contribution in [-0.4, -0.2) is 87.1 Å². The number of hydrogen-bond donors (Lipinski definition) is 1. The van der Waals surface area contributed by atoms with Gasteiger partial charge in [-0.3, -0.25) is 14.6 Å². The number of nitrogens with one attached hydrogen (secondary N) is 1. The summed E-state index contributed by atoms with van der Waals surface area (Å²) in [5.74, 6) is 1.77. The molecule has 1 saturated heterocycles. The molecular weight excluding hydrogens is 416 g/mol. The molecular formula is C22H30N4O6. The standard InChI is InChI=1S/C22H30N4O6/c1-28-9-4-23-22(27)18-15-30-21(24-18)14-26(6-5-25-7-10-29-11-8-25)13-17-2-3-19-20(12-17)32-16-31-19/h2-3,12,15H,4-11,13-14,16H2,1H3,(H,23,27). The van der Waals surface area contributed by atoms with E-state index >= 15 is 0 Å². The molecule has 0 saturated carbocycles. The first-order valence-corrected chi connectivity index (χ1v) is 10.8. The van der Waals surface area contributed by atoms with Crippen molar-refractivity contribution < 1.29 is 28.2 Å². The van der Waals surface area contributed by atoms with Gasteiger partial charge in [0.15, 0.2) is 17.2 Å². The number of carbonyl (C=O) groups is 1. The Morgan fingerprint density at radius 3 is 2.91 bits per heavy atom. The first-order chi connectivity index (χ1) is 15.7. The Bertz CT molecular complexity index is 883. The quantitative estimate of drug-likeness (QED) is 0.509. The van der Waals surface area contributed by atoms with Gasteiger partial charge in [-0.2, -0.15) is 0 Å². The molecule has 1 fully saturated rings. The van der Waals surface area contributed by atoms with Crippen molar-refractivity contribution in [2.24, 2.45) is 0 Å². The highest BCUT2D eigenvalue weighted by molar-refractivity contribution is 5.91. The fraction of sp³-hybridized carbons (Fsp3) is 0.545. The van der Waals surface area contributed by atoms with Crippen molar-refractivity contribution in [3.05, 3.63) is 41.6 Å². The first-order valence-electron chi connectivity index (χ1n) is 10.8. The molecule has 0 aliphatic carbocycles. The molecule has 1 amide bonds. The van der Waals surface area contributed by atoms with E-state index in [0.717, 1.165) is 56.5 Å². The molecule has 2 aromatic rings. The normalized spacial score (nSPS) is 15.9. The van der Waals surface area contributed by atoms with Gasteiger partial charge in [0.1, 0.15) is 6.26 Å². The van der Waals surface area contributed by atoms with E-state index in [1.165, 1.54) is 6.26 Å². The van der Waals surface area contributed by atoms with Gasteiger partial charge < -0.3 is 28.7 Å². The molecule has 2 aliphatic rings. The fourth-order valence-corrected chi connectivity index (χ4v) is 3.66. The van der Waals surface area contributed by atoms with Crippen molar-refractivity contribution in [2.75, 3.05) is 66.4 Å². The Balaban J connectivity index is 1.39. The van der Waals surface area contributed by atoms with Crippen molar-refractivity contribution >= 4 is 5.91 Å². The number of morpholine rings is 1. The molecule has 3 heterocycles. The van der Waals surface area contributed by atoms with Gasteiger partial charge in [-0.1, -0.05) is 6.07 Å². The molecule has 10 nitrogen and oxygen atoms in total. The molecule has 4 rings (SSSR count). The minimum Gasteiger partial charge on any atom is -0.454 e. The summed E-state index contributed by atoms with van der Waals surface area (Å²) in [5.41, 5.74) is 1.38. The lowest BCUT2D eigenvalue weighted by Crippen LogP contribution is -2.41. The van der Waals surface area contributed by atoms with Crippen LogP contribution in [0.5, 0.6) is 11.5 Å². The lowest BCUT2D eigenvalue weighted by atomic mass is 10.2. The lowest BCUT2D eigenvalue weighted by molar-refractivity contribution is 0.0320. The topological polar surface area (TPSA) is 98.5 Å². The van der Waals surface area contributed by atoms with E-state index in [2.05, 4.69) is 20.1 Å². The van der Waals surface area contributed by atoms with Gasteiger partial charge in [0.2, 0.25) is 12.7 Å². The average molecular weight is 447 g/mol. The lowest BCUT2D eigenvalue weighted by Gasteiger charge is -2.29. The summed E-state index contributed by atoms with van der Waals surface area (Å²) in [6.07, 6.45) is 1.40. The molecule has 0 unspecified atom stereocenters. The predicted molar refractivity (Wildman–Crippen MR) is 115 cm³/mol. The maximum atomic E-state index is 12.2. The maximum absolute atomic E-state index is 12.2. The van der Waals surface area contributed by atoms with E-state index in [9.17, 15) is 4.79 Å². The Kier molecular flexibility index (Phi) is 7.94. The second-order valence-corrected chi connectivity index (χ2v) is 7.73. The van der Waals surface area contributed by atoms with Crippen LogP contribution < -0.4 is 14.8 Å². The van der Waals surface area contributed by atoms with E-state index in [1.54, 1.807) is 7.11 Å². The van der Waals surface area contributed by atoms with E-state index in [1.807, 2.05) is 18.2 Å². The largest absolute Gasteiger partial charge is 0.454 e. The number of amides is 1. The summed E-state index contributed by atoms with van der Waals surface area (Å²) in [4.78, 5) is 21.2. The van der Waals surface area contributed by atoms with Crippen molar-refractivity contribution in [3.63, 3.8) is 0 Å². The summed E-state index contributed by atoms with van der Waals surface area (Å²) in [7, 11) is 1.59. The van der Waals surface area contributed by atoms with E-state index in [0.29, 0.717) is 32.1 Å². The monoisotopic (exact) mass is 446 g/mol. The van der Waals surface area contributed by atoms with Crippen LogP contribution in [0, 0.1) is 0 Å². The number of benzene rings is 1. The Morgan fingerprint density at radius 1 is 1.22 bits per heavy atom.